The summed E-state index contributed by atoms with van der Waals surface area (Å²) >= 11 is 0. The molecule has 1 N–H and O–H groups in total. The van der Waals surface area contributed by atoms with Crippen molar-refractivity contribution >= 4 is 27.5 Å². The molecule has 0 saturated carbocycles. The predicted molar refractivity (Wildman–Crippen MR) is 133 cm³/mol. The predicted octanol–water partition coefficient (Wildman–Crippen LogP) is 5.33. The van der Waals surface area contributed by atoms with Gasteiger partial charge in [-0.1, -0.05) is 18.2 Å². The van der Waals surface area contributed by atoms with Crippen LogP contribution in [0, 0.1) is 0 Å². The molecule has 2 saturated heterocycles. The van der Waals surface area contributed by atoms with Gasteiger partial charge >= 0.3 is 0 Å². The minimum atomic E-state index is -0.417. The molecule has 0 atom stereocenters. The molecule has 1 aromatic rings. The van der Waals surface area contributed by atoms with E-state index in [0.717, 1.165) is 13.0 Å². The van der Waals surface area contributed by atoms with Crippen LogP contribution in [-0.4, -0.2) is 62.1 Å². The average Bonchev–Trinajstić information content (AvgIpc) is 2.58. The summed E-state index contributed by atoms with van der Waals surface area (Å²) in [4.78, 5) is 4.95. The highest BCUT2D eigenvalue weighted by molar-refractivity contribution is 8.32. The Morgan fingerprint density at radius 3 is 2.34 bits per heavy atom. The summed E-state index contributed by atoms with van der Waals surface area (Å²) in [5, 5.41) is 3.76. The SMILES string of the molecule is CS(C)(C)CCCNc1cc(N2CCC2)ccc1/C=C1/C=CC(N2CCC2)=CC1. The van der Waals surface area contributed by atoms with Gasteiger partial charge in [-0.3, -0.25) is 0 Å². The lowest BCUT2D eigenvalue weighted by atomic mass is 9.99. The molecule has 0 radical (unpaired) electrons. The third-order valence-corrected chi connectivity index (χ3v) is 7.60. The van der Waals surface area contributed by atoms with Gasteiger partial charge in [-0.05, 0) is 85.6 Å². The van der Waals surface area contributed by atoms with Crippen LogP contribution in [0.4, 0.5) is 11.4 Å². The highest BCUT2D eigenvalue weighted by atomic mass is 32.3. The standard InChI is InChI=1S/C25H37N3S/c1-29(2,3)18-4-13-26-25-20-24(28-16-6-17-28)12-9-22(25)19-21-7-10-23(11-8-21)27-14-5-15-27/h7,9-12,19-20,26H,4-6,8,13-18H2,1-3H3/b21-19-. The van der Waals surface area contributed by atoms with Crippen LogP contribution in [0.2, 0.25) is 0 Å². The Hall–Kier alpha value is -1.81. The number of nitrogens with zero attached hydrogens (tertiary/aromatic N) is 2. The lowest BCUT2D eigenvalue weighted by molar-refractivity contribution is 0.245. The lowest BCUT2D eigenvalue weighted by Gasteiger charge is -2.35. The zero-order chi connectivity index (χ0) is 20.3. The van der Waals surface area contributed by atoms with E-state index >= 15 is 0 Å². The van der Waals surface area contributed by atoms with Crippen LogP contribution >= 0.6 is 10.0 Å². The first-order valence-electron chi connectivity index (χ1n) is 11.1. The van der Waals surface area contributed by atoms with Crippen LogP contribution in [0.15, 0.2) is 47.7 Å². The summed E-state index contributed by atoms with van der Waals surface area (Å²) in [5.74, 6) is 1.33. The van der Waals surface area contributed by atoms with Gasteiger partial charge < -0.3 is 15.1 Å². The van der Waals surface area contributed by atoms with Gasteiger partial charge in [-0.15, -0.1) is 0 Å². The van der Waals surface area contributed by atoms with Crippen molar-refractivity contribution in [2.24, 2.45) is 0 Å². The molecule has 2 fully saturated rings. The smallest absolute Gasteiger partial charge is 0.0434 e. The van der Waals surface area contributed by atoms with Gasteiger partial charge in [0.25, 0.3) is 0 Å². The van der Waals surface area contributed by atoms with Gasteiger partial charge in [0.1, 0.15) is 0 Å². The van der Waals surface area contributed by atoms with Gasteiger partial charge in [-0.2, -0.15) is 0 Å². The summed E-state index contributed by atoms with van der Waals surface area (Å²) in [6.45, 7) is 5.88. The molecular weight excluding hydrogens is 374 g/mol. The second-order valence-corrected chi connectivity index (χ2v) is 14.0. The molecule has 0 amide bonds. The maximum absolute atomic E-state index is 3.76. The van der Waals surface area contributed by atoms with Gasteiger partial charge in [0, 0.05) is 49.8 Å². The van der Waals surface area contributed by atoms with E-state index in [1.807, 2.05) is 0 Å². The second-order valence-electron chi connectivity index (χ2n) is 9.41. The van der Waals surface area contributed by atoms with Crippen LogP contribution in [0.25, 0.3) is 6.08 Å². The molecule has 2 heterocycles. The Balaban J connectivity index is 1.46. The Morgan fingerprint density at radius 2 is 1.76 bits per heavy atom. The monoisotopic (exact) mass is 411 g/mol. The van der Waals surface area contributed by atoms with E-state index in [2.05, 4.69) is 76.4 Å². The molecular formula is C25H37N3S. The summed E-state index contributed by atoms with van der Waals surface area (Å²) < 4.78 is 0. The molecule has 3 aliphatic rings. The topological polar surface area (TPSA) is 18.5 Å². The van der Waals surface area contributed by atoms with Crippen LogP contribution in [-0.2, 0) is 0 Å². The summed E-state index contributed by atoms with van der Waals surface area (Å²) in [6, 6.07) is 6.97. The number of benzene rings is 1. The van der Waals surface area contributed by atoms with Crippen LogP contribution in [0.1, 0.15) is 31.2 Å². The highest BCUT2D eigenvalue weighted by Gasteiger charge is 2.17. The lowest BCUT2D eigenvalue weighted by Crippen LogP contribution is -2.36. The number of hydrogen-bond acceptors (Lipinski definition) is 3. The van der Waals surface area contributed by atoms with Crippen molar-refractivity contribution in [3.63, 3.8) is 0 Å². The van der Waals surface area contributed by atoms with E-state index < -0.39 is 10.0 Å². The number of likely N-dealkylation sites (tertiary alicyclic amines) is 1. The fourth-order valence-corrected chi connectivity index (χ4v) is 5.00. The molecule has 158 valence electrons. The first-order chi connectivity index (χ1) is 14.0. The van der Waals surface area contributed by atoms with Crippen molar-refractivity contribution in [3.8, 4) is 0 Å². The number of hydrogen-bond donors (Lipinski definition) is 1. The van der Waals surface area contributed by atoms with E-state index in [4.69, 9.17) is 0 Å². The minimum absolute atomic E-state index is 0.417. The first-order valence-corrected chi connectivity index (χ1v) is 14.1. The number of anilines is 2. The number of nitrogens with one attached hydrogen (secondary N) is 1. The van der Waals surface area contributed by atoms with E-state index in [1.54, 1.807) is 0 Å². The second kappa shape index (κ2) is 8.91. The molecule has 0 bridgehead atoms. The van der Waals surface area contributed by atoms with Crippen molar-refractivity contribution in [1.29, 1.82) is 0 Å². The van der Waals surface area contributed by atoms with Crippen LogP contribution in [0.3, 0.4) is 0 Å². The molecule has 29 heavy (non-hydrogen) atoms. The van der Waals surface area contributed by atoms with Gasteiger partial charge in [-0.25, -0.2) is 10.0 Å². The quantitative estimate of drug-likeness (QED) is 0.584. The maximum Gasteiger partial charge on any atom is 0.0434 e. The third-order valence-electron chi connectivity index (χ3n) is 6.08. The Kier molecular flexibility index (Phi) is 6.29. The van der Waals surface area contributed by atoms with Gasteiger partial charge in [0.05, 0.1) is 0 Å². The van der Waals surface area contributed by atoms with E-state index in [9.17, 15) is 0 Å². The fraction of sp³-hybridized carbons (Fsp3) is 0.520. The average molecular weight is 412 g/mol. The largest absolute Gasteiger partial charge is 0.384 e. The van der Waals surface area contributed by atoms with E-state index in [1.165, 1.54) is 79.4 Å². The van der Waals surface area contributed by atoms with Crippen molar-refractivity contribution in [1.82, 2.24) is 4.90 Å². The molecule has 4 rings (SSSR count). The van der Waals surface area contributed by atoms with Gasteiger partial charge in [0.2, 0.25) is 0 Å². The summed E-state index contributed by atoms with van der Waals surface area (Å²) in [7, 11) is -0.417. The Bertz CT molecular complexity index is 808. The molecule has 0 spiro atoms. The van der Waals surface area contributed by atoms with Crippen molar-refractivity contribution in [2.75, 3.05) is 67.5 Å². The highest BCUT2D eigenvalue weighted by Crippen LogP contribution is 2.35. The van der Waals surface area contributed by atoms with E-state index in [0.29, 0.717) is 0 Å². The summed E-state index contributed by atoms with van der Waals surface area (Å²) in [6.07, 6.45) is 21.5. The van der Waals surface area contributed by atoms with Crippen molar-refractivity contribution in [2.45, 2.75) is 25.7 Å². The molecule has 4 heteroatoms. The molecule has 0 aromatic heterocycles. The molecule has 2 aliphatic heterocycles. The maximum atomic E-state index is 3.76. The normalized spacial score (nSPS) is 20.9. The number of rotatable bonds is 8. The summed E-state index contributed by atoms with van der Waals surface area (Å²) in [5.41, 5.74) is 6.77. The number of allylic oxidation sites excluding steroid dienone is 4. The van der Waals surface area contributed by atoms with Crippen molar-refractivity contribution in [3.05, 3.63) is 53.3 Å². The van der Waals surface area contributed by atoms with Crippen molar-refractivity contribution < 1.29 is 0 Å². The minimum Gasteiger partial charge on any atom is -0.384 e. The van der Waals surface area contributed by atoms with Gasteiger partial charge in [0.15, 0.2) is 0 Å². The zero-order valence-electron chi connectivity index (χ0n) is 18.4. The Morgan fingerprint density at radius 1 is 1.00 bits per heavy atom. The van der Waals surface area contributed by atoms with Crippen LogP contribution in [0.5, 0.6) is 0 Å². The van der Waals surface area contributed by atoms with E-state index in [-0.39, 0.29) is 0 Å². The fourth-order valence-electron chi connectivity index (χ4n) is 3.99. The molecule has 3 nitrogen and oxygen atoms in total. The third kappa shape index (κ3) is 5.42. The van der Waals surface area contributed by atoms with Crippen LogP contribution < -0.4 is 10.2 Å². The first kappa shape index (κ1) is 20.5. The Labute approximate surface area is 178 Å². The molecule has 0 unspecified atom stereocenters. The molecule has 1 aromatic carbocycles. The zero-order valence-corrected chi connectivity index (χ0v) is 19.2. The molecule has 1 aliphatic carbocycles.